The van der Waals surface area contributed by atoms with Gasteiger partial charge in [0.15, 0.2) is 0 Å². The number of hydrogen-bond acceptors (Lipinski definition) is 2. The van der Waals surface area contributed by atoms with Gasteiger partial charge in [-0.3, -0.25) is 0 Å². The number of thiocarbonyl (C=S) groups is 1. The maximum Gasteiger partial charge on any atom is 0.0722 e. The molecule has 0 aliphatic heterocycles. The van der Waals surface area contributed by atoms with E-state index in [4.69, 9.17) is 12.2 Å². The van der Waals surface area contributed by atoms with Crippen molar-refractivity contribution in [3.63, 3.8) is 0 Å². The summed E-state index contributed by atoms with van der Waals surface area (Å²) in [6, 6.07) is 10.4. The molecule has 0 unspecified atom stereocenters. The summed E-state index contributed by atoms with van der Waals surface area (Å²) < 4.78 is 0. The average Bonchev–Trinajstić information content (AvgIpc) is 2.71. The monoisotopic (exact) mass is 430 g/mol. The lowest BCUT2D eigenvalue weighted by Gasteiger charge is -2.31. The minimum absolute atomic E-state index is 0.0345. The van der Waals surface area contributed by atoms with Crippen molar-refractivity contribution in [3.05, 3.63) is 48.0 Å². The lowest BCUT2D eigenvalue weighted by molar-refractivity contribution is 0.0347. The standard InChI is InChI=1S/C28H46OS/c1-4-5-6-7-8-9-10-11-12-13-14-18-23-27(26-21-16-15-17-22-26)28(3,29)24-19-20-25(2)30/h15-18,21-23,27,29H,4-14,19-20,24H2,1-3H3/t27-,28+/m1/s1. The Labute approximate surface area is 192 Å². The van der Waals surface area contributed by atoms with E-state index >= 15 is 0 Å². The summed E-state index contributed by atoms with van der Waals surface area (Å²) >= 11 is 5.21. The van der Waals surface area contributed by atoms with E-state index in [2.05, 4.69) is 43.3 Å². The highest BCUT2D eigenvalue weighted by Crippen LogP contribution is 2.34. The summed E-state index contributed by atoms with van der Waals surface area (Å²) in [5.41, 5.74) is 0.446. The largest absolute Gasteiger partial charge is 0.389 e. The van der Waals surface area contributed by atoms with Gasteiger partial charge in [-0.05, 0) is 56.4 Å². The molecule has 1 N–H and O–H groups in total. The van der Waals surface area contributed by atoms with Gasteiger partial charge in [0.25, 0.3) is 0 Å². The summed E-state index contributed by atoms with van der Waals surface area (Å²) in [5.74, 6) is 0.0345. The second kappa shape index (κ2) is 16.7. The van der Waals surface area contributed by atoms with Gasteiger partial charge >= 0.3 is 0 Å². The Morgan fingerprint density at radius 2 is 1.50 bits per heavy atom. The number of hydrogen-bond donors (Lipinski definition) is 1. The first kappa shape index (κ1) is 27.0. The predicted molar refractivity (Wildman–Crippen MR) is 138 cm³/mol. The number of unbranched alkanes of at least 4 members (excludes halogenated alkanes) is 10. The van der Waals surface area contributed by atoms with Gasteiger partial charge < -0.3 is 5.11 Å². The summed E-state index contributed by atoms with van der Waals surface area (Å²) in [6.45, 7) is 6.25. The summed E-state index contributed by atoms with van der Waals surface area (Å²) in [5, 5.41) is 11.2. The Balaban J connectivity index is 2.39. The molecule has 0 bridgehead atoms. The van der Waals surface area contributed by atoms with Crippen molar-refractivity contribution in [2.45, 2.75) is 122 Å². The molecular weight excluding hydrogens is 384 g/mol. The smallest absolute Gasteiger partial charge is 0.0722 e. The Kier molecular flexibility index (Phi) is 15.0. The topological polar surface area (TPSA) is 20.2 Å². The van der Waals surface area contributed by atoms with Crippen molar-refractivity contribution in [2.24, 2.45) is 0 Å². The molecule has 0 aliphatic carbocycles. The second-order valence-electron chi connectivity index (χ2n) is 9.20. The zero-order chi connectivity index (χ0) is 22.1. The quantitative estimate of drug-likeness (QED) is 0.142. The van der Waals surface area contributed by atoms with Gasteiger partial charge in [-0.2, -0.15) is 0 Å². The highest BCUT2D eigenvalue weighted by atomic mass is 32.1. The molecule has 0 aliphatic rings. The number of benzene rings is 1. The van der Waals surface area contributed by atoms with Crippen LogP contribution in [0.1, 0.15) is 122 Å². The Bertz CT molecular complexity index is 576. The van der Waals surface area contributed by atoms with E-state index in [9.17, 15) is 5.11 Å². The Morgan fingerprint density at radius 1 is 0.933 bits per heavy atom. The second-order valence-corrected chi connectivity index (χ2v) is 9.90. The normalized spacial score (nSPS) is 14.7. The van der Waals surface area contributed by atoms with E-state index in [1.807, 2.05) is 19.9 Å². The van der Waals surface area contributed by atoms with E-state index < -0.39 is 5.60 Å². The van der Waals surface area contributed by atoms with E-state index in [0.29, 0.717) is 0 Å². The van der Waals surface area contributed by atoms with E-state index in [0.717, 1.165) is 30.5 Å². The van der Waals surface area contributed by atoms with Crippen molar-refractivity contribution in [2.75, 3.05) is 0 Å². The molecule has 1 aromatic rings. The van der Waals surface area contributed by atoms with Crippen LogP contribution in [-0.2, 0) is 0 Å². The van der Waals surface area contributed by atoms with Crippen LogP contribution in [0, 0.1) is 0 Å². The molecule has 0 fully saturated rings. The van der Waals surface area contributed by atoms with Crippen LogP contribution in [0.5, 0.6) is 0 Å². The molecular formula is C28H46OS. The molecule has 0 aromatic heterocycles. The van der Waals surface area contributed by atoms with Crippen molar-refractivity contribution in [1.29, 1.82) is 0 Å². The molecule has 0 saturated carbocycles. The summed E-state index contributed by atoms with van der Waals surface area (Å²) in [4.78, 5) is 1.03. The lowest BCUT2D eigenvalue weighted by Crippen LogP contribution is -2.32. The SMILES string of the molecule is CCCCCCCCCCCCC=C[C@H](c1ccccc1)[C@@](C)(O)CCCC(C)=S. The zero-order valence-electron chi connectivity index (χ0n) is 19.9. The van der Waals surface area contributed by atoms with Gasteiger partial charge in [-0.25, -0.2) is 0 Å². The number of rotatable bonds is 18. The first-order valence-electron chi connectivity index (χ1n) is 12.4. The minimum Gasteiger partial charge on any atom is -0.389 e. The molecule has 2 heteroatoms. The minimum atomic E-state index is -0.750. The van der Waals surface area contributed by atoms with Crippen LogP contribution >= 0.6 is 12.2 Å². The van der Waals surface area contributed by atoms with E-state index in [-0.39, 0.29) is 5.92 Å². The average molecular weight is 431 g/mol. The third kappa shape index (κ3) is 12.6. The third-order valence-electron chi connectivity index (χ3n) is 6.09. The van der Waals surface area contributed by atoms with Crippen LogP contribution in [0.3, 0.4) is 0 Å². The van der Waals surface area contributed by atoms with Crippen LogP contribution in [0.4, 0.5) is 0 Å². The maximum absolute atomic E-state index is 11.2. The van der Waals surface area contributed by atoms with Gasteiger partial charge in [-0.1, -0.05) is 119 Å². The van der Waals surface area contributed by atoms with Crippen LogP contribution in [0.2, 0.25) is 0 Å². The van der Waals surface area contributed by atoms with E-state index in [1.54, 1.807) is 0 Å². The molecule has 1 nitrogen and oxygen atoms in total. The fraction of sp³-hybridized carbons (Fsp3) is 0.679. The summed E-state index contributed by atoms with van der Waals surface area (Å²) in [7, 11) is 0. The molecule has 170 valence electrons. The molecule has 2 atom stereocenters. The number of allylic oxidation sites excluding steroid dienone is 1. The highest BCUT2D eigenvalue weighted by Gasteiger charge is 2.30. The van der Waals surface area contributed by atoms with Gasteiger partial charge in [0, 0.05) is 5.92 Å². The van der Waals surface area contributed by atoms with Crippen molar-refractivity contribution in [1.82, 2.24) is 0 Å². The molecule has 0 radical (unpaired) electrons. The van der Waals surface area contributed by atoms with E-state index in [1.165, 1.54) is 69.8 Å². The van der Waals surface area contributed by atoms with Gasteiger partial charge in [0.05, 0.1) is 5.60 Å². The van der Waals surface area contributed by atoms with Crippen LogP contribution in [-0.4, -0.2) is 15.6 Å². The molecule has 0 spiro atoms. The third-order valence-corrected chi connectivity index (χ3v) is 6.30. The van der Waals surface area contributed by atoms with Crippen molar-refractivity contribution < 1.29 is 5.11 Å². The van der Waals surface area contributed by atoms with Gasteiger partial charge in [0.2, 0.25) is 0 Å². The van der Waals surface area contributed by atoms with Crippen LogP contribution < -0.4 is 0 Å². The molecule has 1 rings (SSSR count). The van der Waals surface area contributed by atoms with Crippen molar-refractivity contribution in [3.8, 4) is 0 Å². The molecule has 0 saturated heterocycles. The highest BCUT2D eigenvalue weighted by molar-refractivity contribution is 7.80. The Hall–Kier alpha value is -0.990. The first-order chi connectivity index (χ1) is 14.5. The first-order valence-corrected chi connectivity index (χ1v) is 12.8. The maximum atomic E-state index is 11.2. The molecule has 0 heterocycles. The molecule has 1 aromatic carbocycles. The molecule has 0 amide bonds. The molecule has 30 heavy (non-hydrogen) atoms. The van der Waals surface area contributed by atoms with Crippen LogP contribution in [0.15, 0.2) is 42.5 Å². The fourth-order valence-corrected chi connectivity index (χ4v) is 4.31. The van der Waals surface area contributed by atoms with Crippen molar-refractivity contribution >= 4 is 17.1 Å². The fourth-order valence-electron chi connectivity index (χ4n) is 4.17. The lowest BCUT2D eigenvalue weighted by atomic mass is 9.79. The van der Waals surface area contributed by atoms with Crippen LogP contribution in [0.25, 0.3) is 0 Å². The number of aliphatic hydroxyl groups is 1. The van der Waals surface area contributed by atoms with Gasteiger partial charge in [0.1, 0.15) is 0 Å². The summed E-state index contributed by atoms with van der Waals surface area (Å²) in [6.07, 6.45) is 22.0. The zero-order valence-corrected chi connectivity index (χ0v) is 20.7. The predicted octanol–water partition coefficient (Wildman–Crippen LogP) is 8.95. The van der Waals surface area contributed by atoms with Gasteiger partial charge in [-0.15, -0.1) is 0 Å². The Morgan fingerprint density at radius 3 is 2.07 bits per heavy atom.